The van der Waals surface area contributed by atoms with E-state index in [1.54, 1.807) is 30.3 Å². The van der Waals surface area contributed by atoms with Gasteiger partial charge in [0, 0.05) is 11.3 Å². The highest BCUT2D eigenvalue weighted by molar-refractivity contribution is 6.08. The molecular weight excluding hydrogens is 190 g/mol. The highest BCUT2D eigenvalue weighted by Crippen LogP contribution is 2.15. The highest BCUT2D eigenvalue weighted by atomic mass is 16.3. The number of anilines is 1. The van der Waals surface area contributed by atoms with Crippen molar-refractivity contribution in [2.45, 2.75) is 6.92 Å². The van der Waals surface area contributed by atoms with E-state index in [0.29, 0.717) is 17.0 Å². The maximum Gasteiger partial charge on any atom is 0.228 e. The standard InChI is InChI=1S/C12H11NO2/c1-8-6-7-15-12(8)11(14)9-2-4-10(13)5-3-9/h2-7H,13H2,1H3. The van der Waals surface area contributed by atoms with Crippen LogP contribution in [0.2, 0.25) is 0 Å². The second kappa shape index (κ2) is 3.61. The van der Waals surface area contributed by atoms with Gasteiger partial charge in [-0.3, -0.25) is 4.79 Å². The SMILES string of the molecule is Cc1ccoc1C(=O)c1ccc(N)cc1. The molecule has 0 bridgehead atoms. The Hall–Kier alpha value is -2.03. The summed E-state index contributed by atoms with van der Waals surface area (Å²) in [6.07, 6.45) is 1.51. The van der Waals surface area contributed by atoms with Gasteiger partial charge in [-0.1, -0.05) is 0 Å². The van der Waals surface area contributed by atoms with Crippen molar-refractivity contribution in [1.29, 1.82) is 0 Å². The first-order valence-electron chi connectivity index (χ1n) is 4.63. The largest absolute Gasteiger partial charge is 0.461 e. The third kappa shape index (κ3) is 1.76. The number of hydrogen-bond donors (Lipinski definition) is 1. The Morgan fingerprint density at radius 2 is 1.87 bits per heavy atom. The molecule has 0 spiro atoms. The normalized spacial score (nSPS) is 10.2. The van der Waals surface area contributed by atoms with Gasteiger partial charge in [-0.05, 0) is 42.8 Å². The topological polar surface area (TPSA) is 56.2 Å². The summed E-state index contributed by atoms with van der Waals surface area (Å²) in [5.41, 5.74) is 7.61. The van der Waals surface area contributed by atoms with E-state index >= 15 is 0 Å². The van der Waals surface area contributed by atoms with Crippen LogP contribution < -0.4 is 5.73 Å². The molecule has 0 amide bonds. The van der Waals surface area contributed by atoms with Crippen molar-refractivity contribution >= 4 is 11.5 Å². The Labute approximate surface area is 87.5 Å². The van der Waals surface area contributed by atoms with Gasteiger partial charge in [-0.25, -0.2) is 0 Å². The van der Waals surface area contributed by atoms with E-state index in [2.05, 4.69) is 0 Å². The summed E-state index contributed by atoms with van der Waals surface area (Å²) >= 11 is 0. The van der Waals surface area contributed by atoms with Crippen molar-refractivity contribution in [3.05, 3.63) is 53.5 Å². The van der Waals surface area contributed by atoms with Crippen molar-refractivity contribution in [1.82, 2.24) is 0 Å². The maximum absolute atomic E-state index is 11.9. The average molecular weight is 201 g/mol. The summed E-state index contributed by atoms with van der Waals surface area (Å²) in [4.78, 5) is 11.9. The van der Waals surface area contributed by atoms with Crippen LogP contribution in [0.1, 0.15) is 21.7 Å². The van der Waals surface area contributed by atoms with Crippen LogP contribution in [0.25, 0.3) is 0 Å². The van der Waals surface area contributed by atoms with Gasteiger partial charge in [-0.15, -0.1) is 0 Å². The van der Waals surface area contributed by atoms with E-state index in [-0.39, 0.29) is 5.78 Å². The van der Waals surface area contributed by atoms with E-state index in [1.807, 2.05) is 6.92 Å². The number of nitrogen functional groups attached to an aromatic ring is 1. The van der Waals surface area contributed by atoms with Gasteiger partial charge in [-0.2, -0.15) is 0 Å². The molecule has 0 aliphatic carbocycles. The monoisotopic (exact) mass is 201 g/mol. The number of furan rings is 1. The van der Waals surface area contributed by atoms with Gasteiger partial charge in [0.05, 0.1) is 6.26 Å². The van der Waals surface area contributed by atoms with Crippen LogP contribution in [0.5, 0.6) is 0 Å². The molecule has 3 nitrogen and oxygen atoms in total. The van der Waals surface area contributed by atoms with E-state index in [4.69, 9.17) is 10.2 Å². The van der Waals surface area contributed by atoms with Crippen molar-refractivity contribution in [2.75, 3.05) is 5.73 Å². The summed E-state index contributed by atoms with van der Waals surface area (Å²) in [6.45, 7) is 1.84. The fourth-order valence-electron chi connectivity index (χ4n) is 1.37. The number of carbonyl (C=O) groups excluding carboxylic acids is 1. The Bertz CT molecular complexity index is 483. The Kier molecular flexibility index (Phi) is 2.29. The number of aryl methyl sites for hydroxylation is 1. The number of nitrogens with two attached hydrogens (primary N) is 1. The lowest BCUT2D eigenvalue weighted by Crippen LogP contribution is -2.01. The molecule has 0 aliphatic rings. The third-order valence-corrected chi connectivity index (χ3v) is 2.24. The molecule has 0 fully saturated rings. The second-order valence-corrected chi connectivity index (χ2v) is 3.38. The smallest absolute Gasteiger partial charge is 0.228 e. The van der Waals surface area contributed by atoms with E-state index < -0.39 is 0 Å². The van der Waals surface area contributed by atoms with E-state index in [9.17, 15) is 4.79 Å². The minimum Gasteiger partial charge on any atom is -0.461 e. The highest BCUT2D eigenvalue weighted by Gasteiger charge is 2.14. The van der Waals surface area contributed by atoms with Crippen LogP contribution in [0, 0.1) is 6.92 Å². The molecule has 2 aromatic rings. The van der Waals surface area contributed by atoms with Crippen molar-refractivity contribution < 1.29 is 9.21 Å². The fraction of sp³-hybridized carbons (Fsp3) is 0.0833. The van der Waals surface area contributed by atoms with Gasteiger partial charge in [0.1, 0.15) is 0 Å². The van der Waals surface area contributed by atoms with Crippen LogP contribution in [0.15, 0.2) is 41.0 Å². The molecule has 1 aromatic heterocycles. The first-order valence-corrected chi connectivity index (χ1v) is 4.63. The van der Waals surface area contributed by atoms with Gasteiger partial charge in [0.25, 0.3) is 0 Å². The Morgan fingerprint density at radius 1 is 1.20 bits per heavy atom. The zero-order valence-electron chi connectivity index (χ0n) is 8.36. The molecule has 76 valence electrons. The summed E-state index contributed by atoms with van der Waals surface area (Å²) in [5.74, 6) is 0.275. The molecule has 0 saturated carbocycles. The zero-order chi connectivity index (χ0) is 10.8. The Balaban J connectivity index is 2.37. The van der Waals surface area contributed by atoms with Crippen molar-refractivity contribution in [3.63, 3.8) is 0 Å². The Morgan fingerprint density at radius 3 is 2.40 bits per heavy atom. The number of benzene rings is 1. The van der Waals surface area contributed by atoms with Crippen LogP contribution in [0.3, 0.4) is 0 Å². The number of ketones is 1. The quantitative estimate of drug-likeness (QED) is 0.599. The van der Waals surface area contributed by atoms with Crippen LogP contribution in [-0.4, -0.2) is 5.78 Å². The minimum absolute atomic E-state index is 0.113. The molecule has 15 heavy (non-hydrogen) atoms. The fourth-order valence-corrected chi connectivity index (χ4v) is 1.37. The third-order valence-electron chi connectivity index (χ3n) is 2.24. The molecule has 0 unspecified atom stereocenters. The maximum atomic E-state index is 11.9. The van der Waals surface area contributed by atoms with E-state index in [1.165, 1.54) is 6.26 Å². The molecule has 0 aliphatic heterocycles. The molecule has 2 rings (SSSR count). The summed E-state index contributed by atoms with van der Waals surface area (Å²) in [7, 11) is 0. The molecular formula is C12H11NO2. The zero-order valence-corrected chi connectivity index (χ0v) is 8.36. The van der Waals surface area contributed by atoms with E-state index in [0.717, 1.165) is 5.56 Å². The number of hydrogen-bond acceptors (Lipinski definition) is 3. The van der Waals surface area contributed by atoms with Gasteiger partial charge < -0.3 is 10.2 Å². The first-order chi connectivity index (χ1) is 7.18. The predicted molar refractivity (Wildman–Crippen MR) is 57.7 cm³/mol. The van der Waals surface area contributed by atoms with Crippen LogP contribution >= 0.6 is 0 Å². The summed E-state index contributed by atoms with van der Waals surface area (Å²) in [6, 6.07) is 8.56. The molecule has 1 heterocycles. The molecule has 0 atom stereocenters. The first kappa shape index (κ1) is 9.52. The lowest BCUT2D eigenvalue weighted by molar-refractivity contribution is 0.101. The van der Waals surface area contributed by atoms with Crippen LogP contribution in [0.4, 0.5) is 5.69 Å². The summed E-state index contributed by atoms with van der Waals surface area (Å²) in [5, 5.41) is 0. The lowest BCUT2D eigenvalue weighted by Gasteiger charge is -1.99. The number of carbonyl (C=O) groups is 1. The van der Waals surface area contributed by atoms with Crippen LogP contribution in [-0.2, 0) is 0 Å². The van der Waals surface area contributed by atoms with Crippen molar-refractivity contribution in [3.8, 4) is 0 Å². The predicted octanol–water partition coefficient (Wildman–Crippen LogP) is 2.40. The average Bonchev–Trinajstić information content (AvgIpc) is 2.65. The van der Waals surface area contributed by atoms with Crippen molar-refractivity contribution in [2.24, 2.45) is 0 Å². The van der Waals surface area contributed by atoms with Gasteiger partial charge in [0.2, 0.25) is 5.78 Å². The molecule has 1 aromatic carbocycles. The second-order valence-electron chi connectivity index (χ2n) is 3.38. The molecule has 3 heteroatoms. The molecule has 0 saturated heterocycles. The number of rotatable bonds is 2. The molecule has 0 radical (unpaired) electrons. The van der Waals surface area contributed by atoms with Gasteiger partial charge >= 0.3 is 0 Å². The molecule has 2 N–H and O–H groups in total. The summed E-state index contributed by atoms with van der Waals surface area (Å²) < 4.78 is 5.13. The van der Waals surface area contributed by atoms with Gasteiger partial charge in [0.15, 0.2) is 5.76 Å². The lowest BCUT2D eigenvalue weighted by atomic mass is 10.1. The minimum atomic E-state index is -0.113.